The van der Waals surface area contributed by atoms with Gasteiger partial charge in [0, 0.05) is 45.3 Å². The molecule has 1 aromatic carbocycles. The van der Waals surface area contributed by atoms with Crippen molar-refractivity contribution < 1.29 is 19.2 Å². The number of para-hydroxylation sites is 2. The Morgan fingerprint density at radius 3 is 2.53 bits per heavy atom. The van der Waals surface area contributed by atoms with Crippen LogP contribution < -0.4 is 4.90 Å². The highest BCUT2D eigenvalue weighted by Crippen LogP contribution is 2.30. The second-order valence-corrected chi connectivity index (χ2v) is 7.85. The number of anilines is 1. The maximum Gasteiger partial charge on any atom is 0.307 e. The zero-order valence-corrected chi connectivity index (χ0v) is 17.5. The second kappa shape index (κ2) is 10.4. The van der Waals surface area contributed by atoms with E-state index in [0.717, 1.165) is 6.54 Å². The van der Waals surface area contributed by atoms with E-state index in [0.29, 0.717) is 63.9 Å². The molecule has 30 heavy (non-hydrogen) atoms. The Hall–Kier alpha value is -2.68. The van der Waals surface area contributed by atoms with Crippen LogP contribution in [0.4, 0.5) is 11.4 Å². The molecule has 0 spiro atoms. The quantitative estimate of drug-likeness (QED) is 0.325. The minimum atomic E-state index is -0.369. The van der Waals surface area contributed by atoms with Crippen molar-refractivity contribution in [3.63, 3.8) is 0 Å². The van der Waals surface area contributed by atoms with Crippen LogP contribution >= 0.6 is 0 Å². The molecule has 0 atom stereocenters. The summed E-state index contributed by atoms with van der Waals surface area (Å²) in [6.45, 7) is 5.97. The van der Waals surface area contributed by atoms with E-state index in [1.165, 1.54) is 18.9 Å². The molecule has 9 nitrogen and oxygen atoms in total. The van der Waals surface area contributed by atoms with Crippen LogP contribution in [0.3, 0.4) is 0 Å². The second-order valence-electron chi connectivity index (χ2n) is 7.85. The molecule has 1 heterocycles. The Labute approximate surface area is 176 Å². The van der Waals surface area contributed by atoms with Crippen LogP contribution in [0.5, 0.6) is 0 Å². The minimum Gasteiger partial charge on any atom is -0.466 e. The number of esters is 1. The number of nitrogens with zero attached hydrogens (tertiary/aromatic N) is 4. The maximum absolute atomic E-state index is 12.8. The Morgan fingerprint density at radius 1 is 1.20 bits per heavy atom. The average Bonchev–Trinajstić information content (AvgIpc) is 3.56. The Kier molecular flexibility index (Phi) is 7.62. The molecule has 1 saturated heterocycles. The van der Waals surface area contributed by atoms with Crippen molar-refractivity contribution in [2.45, 2.75) is 26.2 Å². The molecule has 1 amide bonds. The van der Waals surface area contributed by atoms with Gasteiger partial charge in [-0.25, -0.2) is 0 Å². The molecule has 0 unspecified atom stereocenters. The zero-order chi connectivity index (χ0) is 21.5. The summed E-state index contributed by atoms with van der Waals surface area (Å²) in [7, 11) is 0. The Morgan fingerprint density at radius 2 is 1.90 bits per heavy atom. The van der Waals surface area contributed by atoms with Crippen molar-refractivity contribution in [2.24, 2.45) is 5.92 Å². The highest BCUT2D eigenvalue weighted by Gasteiger charge is 2.29. The standard InChI is InChI=1S/C21H30N4O5/c1-2-30-21(27)9-10-22(15-17-7-8-17)16-20(26)24-13-11-23(12-14-24)18-5-3-4-6-19(18)25(28)29/h3-6,17H,2,7-16H2,1H3. The fourth-order valence-electron chi connectivity index (χ4n) is 3.76. The number of carbonyl (C=O) groups excluding carboxylic acids is 2. The van der Waals surface area contributed by atoms with Crippen LogP contribution in [-0.4, -0.2) is 79.0 Å². The number of nitro groups is 1. The summed E-state index contributed by atoms with van der Waals surface area (Å²) in [5, 5.41) is 11.3. The number of hydrogen-bond donors (Lipinski definition) is 0. The lowest BCUT2D eigenvalue weighted by molar-refractivity contribution is -0.384. The van der Waals surface area contributed by atoms with Gasteiger partial charge in [0.1, 0.15) is 5.69 Å². The largest absolute Gasteiger partial charge is 0.466 e. The van der Waals surface area contributed by atoms with Gasteiger partial charge in [0.05, 0.1) is 24.5 Å². The van der Waals surface area contributed by atoms with E-state index >= 15 is 0 Å². The molecule has 1 aromatic rings. The van der Waals surface area contributed by atoms with Gasteiger partial charge in [-0.15, -0.1) is 0 Å². The molecule has 1 aliphatic carbocycles. The average molecular weight is 418 g/mol. The van der Waals surface area contributed by atoms with Gasteiger partial charge in [-0.1, -0.05) is 12.1 Å². The highest BCUT2D eigenvalue weighted by atomic mass is 16.6. The molecular formula is C21H30N4O5. The van der Waals surface area contributed by atoms with Crippen LogP contribution in [0.15, 0.2) is 24.3 Å². The lowest BCUT2D eigenvalue weighted by Gasteiger charge is -2.36. The lowest BCUT2D eigenvalue weighted by atomic mass is 10.2. The number of benzene rings is 1. The summed E-state index contributed by atoms with van der Waals surface area (Å²) in [5.41, 5.74) is 0.686. The topological polar surface area (TPSA) is 96.2 Å². The summed E-state index contributed by atoms with van der Waals surface area (Å²) in [4.78, 5) is 41.3. The van der Waals surface area contributed by atoms with Crippen LogP contribution in [0.1, 0.15) is 26.2 Å². The van der Waals surface area contributed by atoms with Crippen molar-refractivity contribution in [3.8, 4) is 0 Å². The molecule has 0 bridgehead atoms. The smallest absolute Gasteiger partial charge is 0.307 e. The first-order valence-electron chi connectivity index (χ1n) is 10.6. The highest BCUT2D eigenvalue weighted by molar-refractivity contribution is 5.79. The van der Waals surface area contributed by atoms with Crippen LogP contribution in [0.25, 0.3) is 0 Å². The summed E-state index contributed by atoms with van der Waals surface area (Å²) < 4.78 is 5.00. The molecule has 9 heteroatoms. The van der Waals surface area contributed by atoms with Crippen LogP contribution in [0, 0.1) is 16.0 Å². The number of carbonyl (C=O) groups is 2. The lowest BCUT2D eigenvalue weighted by Crippen LogP contribution is -2.51. The number of rotatable bonds is 10. The minimum absolute atomic E-state index is 0.0433. The van der Waals surface area contributed by atoms with E-state index in [1.54, 1.807) is 25.1 Å². The molecule has 0 aromatic heterocycles. The van der Waals surface area contributed by atoms with Gasteiger partial charge in [0.15, 0.2) is 0 Å². The zero-order valence-electron chi connectivity index (χ0n) is 17.5. The number of piperazine rings is 1. The first-order valence-corrected chi connectivity index (χ1v) is 10.6. The van der Waals surface area contributed by atoms with Crippen LogP contribution in [-0.2, 0) is 14.3 Å². The van der Waals surface area contributed by atoms with E-state index in [9.17, 15) is 19.7 Å². The Bertz CT molecular complexity index is 760. The van der Waals surface area contributed by atoms with E-state index < -0.39 is 0 Å². The monoisotopic (exact) mass is 418 g/mol. The van der Waals surface area contributed by atoms with Gasteiger partial charge in [-0.05, 0) is 31.7 Å². The summed E-state index contributed by atoms with van der Waals surface area (Å²) in [5.74, 6) is 0.431. The first-order chi connectivity index (χ1) is 14.5. The van der Waals surface area contributed by atoms with Gasteiger partial charge in [0.2, 0.25) is 5.91 Å². The third-order valence-electron chi connectivity index (χ3n) is 5.56. The third-order valence-corrected chi connectivity index (χ3v) is 5.56. The summed E-state index contributed by atoms with van der Waals surface area (Å²) >= 11 is 0. The summed E-state index contributed by atoms with van der Waals surface area (Å²) in [6, 6.07) is 6.71. The molecule has 0 N–H and O–H groups in total. The van der Waals surface area contributed by atoms with Crippen molar-refractivity contribution in [2.75, 3.05) is 57.3 Å². The SMILES string of the molecule is CCOC(=O)CCN(CC(=O)N1CCN(c2ccccc2[N+](=O)[O-])CC1)CC1CC1. The van der Waals surface area contributed by atoms with Crippen molar-refractivity contribution in [3.05, 3.63) is 34.4 Å². The number of ether oxygens (including phenoxy) is 1. The molecule has 164 valence electrons. The van der Waals surface area contributed by atoms with Crippen LogP contribution in [0.2, 0.25) is 0 Å². The van der Waals surface area contributed by atoms with E-state index in [1.807, 2.05) is 9.80 Å². The number of amides is 1. The van der Waals surface area contributed by atoms with E-state index in [4.69, 9.17) is 4.74 Å². The fraction of sp³-hybridized carbons (Fsp3) is 0.619. The van der Waals surface area contributed by atoms with E-state index in [2.05, 4.69) is 4.90 Å². The first kappa shape index (κ1) is 22.0. The van der Waals surface area contributed by atoms with Crippen molar-refractivity contribution in [1.29, 1.82) is 0 Å². The van der Waals surface area contributed by atoms with Gasteiger partial charge >= 0.3 is 5.97 Å². The van der Waals surface area contributed by atoms with Crippen molar-refractivity contribution >= 4 is 23.3 Å². The predicted molar refractivity (Wildman–Crippen MR) is 112 cm³/mol. The Balaban J connectivity index is 1.52. The molecule has 2 fully saturated rings. The van der Waals surface area contributed by atoms with Crippen molar-refractivity contribution in [1.82, 2.24) is 9.80 Å². The van der Waals surface area contributed by atoms with Gasteiger partial charge < -0.3 is 14.5 Å². The molecule has 0 radical (unpaired) electrons. The molecule has 3 rings (SSSR count). The molecule has 2 aliphatic rings. The number of nitro benzene ring substituents is 1. The molecule has 1 aliphatic heterocycles. The molecular weight excluding hydrogens is 388 g/mol. The maximum atomic E-state index is 12.8. The third kappa shape index (κ3) is 6.16. The predicted octanol–water partition coefficient (Wildman–Crippen LogP) is 1.91. The normalized spacial score (nSPS) is 16.6. The fourth-order valence-corrected chi connectivity index (χ4v) is 3.76. The van der Waals surface area contributed by atoms with Gasteiger partial charge in [-0.2, -0.15) is 0 Å². The van der Waals surface area contributed by atoms with Gasteiger partial charge in [-0.3, -0.25) is 24.6 Å². The summed E-state index contributed by atoms with van der Waals surface area (Å²) in [6.07, 6.45) is 2.65. The van der Waals surface area contributed by atoms with E-state index in [-0.39, 0.29) is 22.5 Å². The number of hydrogen-bond acceptors (Lipinski definition) is 7. The van der Waals surface area contributed by atoms with Gasteiger partial charge in [0.25, 0.3) is 5.69 Å². The molecule has 1 saturated carbocycles.